The quantitative estimate of drug-likeness (QED) is 0.515. The van der Waals surface area contributed by atoms with Gasteiger partial charge in [0, 0.05) is 23.8 Å². The van der Waals surface area contributed by atoms with E-state index in [2.05, 4.69) is 20.9 Å². The lowest BCUT2D eigenvalue weighted by Crippen LogP contribution is -2.43. The number of aromatic nitrogens is 4. The smallest absolute Gasteiger partial charge is 0.290 e. The lowest BCUT2D eigenvalue weighted by atomic mass is 10.1. The topological polar surface area (TPSA) is 110 Å². The van der Waals surface area contributed by atoms with Gasteiger partial charge in [-0.3, -0.25) is 25.2 Å². The minimum absolute atomic E-state index is 0.0493. The molecule has 0 aliphatic heterocycles. The predicted octanol–water partition coefficient (Wildman–Crippen LogP) is 1.45. The van der Waals surface area contributed by atoms with Gasteiger partial charge >= 0.3 is 0 Å². The molecule has 2 N–H and O–H groups in total. The summed E-state index contributed by atoms with van der Waals surface area (Å²) in [5.74, 6) is -1.19. The molecule has 1 aromatic carbocycles. The number of imidazole rings is 1. The fraction of sp³-hybridized carbons (Fsp3) is 0.150. The Balaban J connectivity index is 1.59. The Hall–Kier alpha value is -4.01. The maximum Gasteiger partial charge on any atom is 0.290 e. The van der Waals surface area contributed by atoms with Crippen LogP contribution in [0, 0.1) is 6.92 Å². The van der Waals surface area contributed by atoms with Gasteiger partial charge in [-0.1, -0.05) is 24.3 Å². The molecule has 0 fully saturated rings. The van der Waals surface area contributed by atoms with Crippen LogP contribution < -0.4 is 16.4 Å². The number of rotatable bonds is 3. The van der Waals surface area contributed by atoms with Crippen LogP contribution in [0.3, 0.4) is 0 Å². The second-order valence-electron chi connectivity index (χ2n) is 6.44. The highest BCUT2D eigenvalue weighted by molar-refractivity contribution is 6.05. The van der Waals surface area contributed by atoms with Crippen molar-refractivity contribution in [1.29, 1.82) is 0 Å². The lowest BCUT2D eigenvalue weighted by Gasteiger charge is -2.10. The Morgan fingerprint density at radius 2 is 1.72 bits per heavy atom. The molecule has 2 amide bonds. The van der Waals surface area contributed by atoms with Crippen molar-refractivity contribution >= 4 is 28.2 Å². The molecule has 29 heavy (non-hydrogen) atoms. The van der Waals surface area contributed by atoms with Crippen molar-refractivity contribution in [2.24, 2.45) is 0 Å². The molecule has 3 aromatic heterocycles. The Morgan fingerprint density at radius 1 is 1.00 bits per heavy atom. The van der Waals surface area contributed by atoms with E-state index in [1.165, 1.54) is 4.68 Å². The molecule has 0 aliphatic rings. The number of amides is 2. The lowest BCUT2D eigenvalue weighted by molar-refractivity contribution is 0.0841. The van der Waals surface area contributed by atoms with Crippen LogP contribution in [-0.4, -0.2) is 31.0 Å². The van der Waals surface area contributed by atoms with Crippen molar-refractivity contribution in [2.45, 2.75) is 20.4 Å². The van der Waals surface area contributed by atoms with Crippen LogP contribution in [-0.2, 0) is 6.54 Å². The largest absolute Gasteiger partial charge is 0.304 e. The zero-order valence-electron chi connectivity index (χ0n) is 15.8. The summed E-state index contributed by atoms with van der Waals surface area (Å²) in [6, 6.07) is 12.3. The summed E-state index contributed by atoms with van der Waals surface area (Å²) >= 11 is 0. The summed E-state index contributed by atoms with van der Waals surface area (Å²) in [5.41, 5.74) is 6.20. The molecule has 0 bridgehead atoms. The summed E-state index contributed by atoms with van der Waals surface area (Å²) in [7, 11) is 0. The molecule has 146 valence electrons. The van der Waals surface area contributed by atoms with E-state index in [9.17, 15) is 14.4 Å². The normalized spacial score (nSPS) is 11.0. The highest BCUT2D eigenvalue weighted by Gasteiger charge is 2.18. The van der Waals surface area contributed by atoms with Crippen molar-refractivity contribution < 1.29 is 9.59 Å². The van der Waals surface area contributed by atoms with Gasteiger partial charge in [0.15, 0.2) is 5.69 Å². The molecule has 9 heteroatoms. The number of hydrogen-bond donors (Lipinski definition) is 2. The average Bonchev–Trinajstić information content (AvgIpc) is 3.18. The van der Waals surface area contributed by atoms with Crippen LogP contribution in [0.25, 0.3) is 16.4 Å². The van der Waals surface area contributed by atoms with Crippen LogP contribution in [0.4, 0.5) is 0 Å². The molecule has 0 aliphatic carbocycles. The second kappa shape index (κ2) is 7.19. The summed E-state index contributed by atoms with van der Waals surface area (Å²) in [4.78, 5) is 41.7. The number of pyridine rings is 1. The van der Waals surface area contributed by atoms with Crippen LogP contribution in [0.15, 0.2) is 53.5 Å². The van der Waals surface area contributed by atoms with Gasteiger partial charge in [0.1, 0.15) is 11.3 Å². The first-order valence-corrected chi connectivity index (χ1v) is 9.05. The third-order valence-electron chi connectivity index (χ3n) is 4.60. The molecule has 0 radical (unpaired) electrons. The van der Waals surface area contributed by atoms with E-state index >= 15 is 0 Å². The SMILES string of the molecule is CCn1nc(C(=O)NNC(=O)c2cn3c(C)cccc3n2)c2ccccc2c1=O. The minimum Gasteiger partial charge on any atom is -0.304 e. The van der Waals surface area contributed by atoms with Gasteiger partial charge in [-0.05, 0) is 32.0 Å². The highest BCUT2D eigenvalue weighted by atomic mass is 16.2. The number of carbonyl (C=O) groups is 2. The number of nitrogens with one attached hydrogen (secondary N) is 2. The molecule has 4 aromatic rings. The Morgan fingerprint density at radius 3 is 2.45 bits per heavy atom. The van der Waals surface area contributed by atoms with Crippen molar-refractivity contribution in [3.05, 3.63) is 76.1 Å². The van der Waals surface area contributed by atoms with Crippen LogP contribution in [0.2, 0.25) is 0 Å². The minimum atomic E-state index is -0.628. The van der Waals surface area contributed by atoms with Gasteiger partial charge in [-0.15, -0.1) is 0 Å². The number of benzene rings is 1. The molecular formula is C20H18N6O3. The number of nitrogens with zero attached hydrogens (tertiary/aromatic N) is 4. The van der Waals surface area contributed by atoms with E-state index in [0.29, 0.717) is 23.0 Å². The van der Waals surface area contributed by atoms with Gasteiger partial charge in [0.25, 0.3) is 17.4 Å². The third kappa shape index (κ3) is 3.22. The molecule has 9 nitrogen and oxygen atoms in total. The van der Waals surface area contributed by atoms with E-state index in [0.717, 1.165) is 5.69 Å². The summed E-state index contributed by atoms with van der Waals surface area (Å²) in [6.45, 7) is 3.98. The van der Waals surface area contributed by atoms with E-state index < -0.39 is 11.8 Å². The highest BCUT2D eigenvalue weighted by Crippen LogP contribution is 2.13. The summed E-state index contributed by atoms with van der Waals surface area (Å²) < 4.78 is 2.99. The van der Waals surface area contributed by atoms with E-state index in [4.69, 9.17) is 0 Å². The summed E-state index contributed by atoms with van der Waals surface area (Å²) in [5, 5.41) is 4.94. The van der Waals surface area contributed by atoms with Gasteiger partial charge in [-0.25, -0.2) is 9.67 Å². The molecule has 0 unspecified atom stereocenters. The number of hydrazine groups is 1. The second-order valence-corrected chi connectivity index (χ2v) is 6.44. The fourth-order valence-corrected chi connectivity index (χ4v) is 3.11. The first-order valence-electron chi connectivity index (χ1n) is 9.05. The van der Waals surface area contributed by atoms with Gasteiger partial charge in [-0.2, -0.15) is 5.10 Å². The molecular weight excluding hydrogens is 372 g/mol. The Kier molecular flexibility index (Phi) is 4.55. The zero-order chi connectivity index (χ0) is 20.5. The molecule has 0 atom stereocenters. The van der Waals surface area contributed by atoms with E-state index in [1.54, 1.807) is 47.9 Å². The zero-order valence-corrected chi connectivity index (χ0v) is 15.8. The van der Waals surface area contributed by atoms with Gasteiger partial charge < -0.3 is 4.40 Å². The maximum absolute atomic E-state index is 12.7. The van der Waals surface area contributed by atoms with Crippen molar-refractivity contribution in [1.82, 2.24) is 30.0 Å². The molecule has 0 saturated carbocycles. The monoisotopic (exact) mass is 390 g/mol. The summed E-state index contributed by atoms with van der Waals surface area (Å²) in [6.07, 6.45) is 1.59. The van der Waals surface area contributed by atoms with Gasteiger partial charge in [0.2, 0.25) is 0 Å². The molecule has 4 rings (SSSR count). The molecule has 3 heterocycles. The van der Waals surface area contributed by atoms with Crippen LogP contribution in [0.1, 0.15) is 33.6 Å². The first kappa shape index (κ1) is 18.4. The molecule has 0 spiro atoms. The molecule has 0 saturated heterocycles. The van der Waals surface area contributed by atoms with Crippen molar-refractivity contribution in [3.8, 4) is 0 Å². The van der Waals surface area contributed by atoms with Crippen LogP contribution in [0.5, 0.6) is 0 Å². The first-order chi connectivity index (χ1) is 14.0. The van der Waals surface area contributed by atoms with Crippen molar-refractivity contribution in [2.75, 3.05) is 0 Å². The third-order valence-corrected chi connectivity index (χ3v) is 4.60. The number of carbonyl (C=O) groups excluding carboxylic acids is 2. The standard InChI is InChI=1S/C20H18N6O3/c1-3-26-20(29)14-9-5-4-8-13(14)17(24-26)19(28)23-22-18(27)15-11-25-12(2)7-6-10-16(25)21-15/h4-11H,3H2,1-2H3,(H,22,27)(H,23,28). The van der Waals surface area contributed by atoms with Crippen LogP contribution >= 0.6 is 0 Å². The predicted molar refractivity (Wildman–Crippen MR) is 107 cm³/mol. The maximum atomic E-state index is 12.7. The van der Waals surface area contributed by atoms with Crippen molar-refractivity contribution in [3.63, 3.8) is 0 Å². The van der Waals surface area contributed by atoms with Gasteiger partial charge in [0.05, 0.1) is 5.39 Å². The number of aryl methyl sites for hydroxylation is 2. The Bertz CT molecular complexity index is 1320. The Labute approximate surface area is 165 Å². The number of fused-ring (bicyclic) bond motifs is 2. The fourth-order valence-electron chi connectivity index (χ4n) is 3.11. The number of hydrogen-bond acceptors (Lipinski definition) is 5. The average molecular weight is 390 g/mol. The van der Waals surface area contributed by atoms with E-state index in [-0.39, 0.29) is 16.9 Å². The van der Waals surface area contributed by atoms with E-state index in [1.807, 2.05) is 19.1 Å².